The predicted octanol–water partition coefficient (Wildman–Crippen LogP) is 3.62. The van der Waals surface area contributed by atoms with Crippen LogP contribution in [0, 0.1) is 23.2 Å². The van der Waals surface area contributed by atoms with Crippen molar-refractivity contribution in [3.63, 3.8) is 0 Å². The third-order valence-corrected chi connectivity index (χ3v) is 2.74. The summed E-state index contributed by atoms with van der Waals surface area (Å²) in [6.07, 6.45) is 12.0. The molecular weight excluding hydrogens is 144 g/mol. The van der Waals surface area contributed by atoms with Crippen molar-refractivity contribution in [2.24, 2.45) is 10.8 Å². The van der Waals surface area contributed by atoms with Crippen LogP contribution in [0.2, 0.25) is 0 Å². The van der Waals surface area contributed by atoms with Crippen molar-refractivity contribution in [2.45, 2.75) is 52.9 Å². The van der Waals surface area contributed by atoms with Crippen molar-refractivity contribution in [3.8, 4) is 12.3 Å². The van der Waals surface area contributed by atoms with Gasteiger partial charge in [-0.1, -0.05) is 39.5 Å². The van der Waals surface area contributed by atoms with Crippen LogP contribution in [0.1, 0.15) is 52.9 Å². The molecule has 1 fully saturated rings. The van der Waals surface area contributed by atoms with E-state index in [1.807, 2.05) is 0 Å². The molecule has 0 aromatic heterocycles. The average Bonchev–Trinajstić information content (AvgIpc) is 2.34. The fourth-order valence-corrected chi connectivity index (χ4v) is 2.44. The Morgan fingerprint density at radius 3 is 2.08 bits per heavy atom. The molecule has 0 radical (unpaired) electrons. The van der Waals surface area contributed by atoms with Gasteiger partial charge in [0.25, 0.3) is 0 Å². The lowest BCUT2D eigenvalue weighted by atomic mass is 9.73. The van der Waals surface area contributed by atoms with E-state index in [1.54, 1.807) is 0 Å². The Balaban J connectivity index is 2.64. The SMILES string of the molecule is C#CC1(CC(C)(C)C)CCCC1. The van der Waals surface area contributed by atoms with Gasteiger partial charge in [-0.2, -0.15) is 0 Å². The molecule has 0 amide bonds. The molecule has 0 N–H and O–H groups in total. The highest BCUT2D eigenvalue weighted by atomic mass is 14.4. The molecule has 12 heavy (non-hydrogen) atoms. The zero-order valence-electron chi connectivity index (χ0n) is 8.61. The molecule has 0 aromatic rings. The molecular formula is C12H20. The molecule has 0 aromatic carbocycles. The van der Waals surface area contributed by atoms with E-state index in [1.165, 1.54) is 32.1 Å². The van der Waals surface area contributed by atoms with Gasteiger partial charge in [0.2, 0.25) is 0 Å². The van der Waals surface area contributed by atoms with Gasteiger partial charge in [0.05, 0.1) is 0 Å². The van der Waals surface area contributed by atoms with E-state index in [0.717, 1.165) is 0 Å². The number of hydrogen-bond acceptors (Lipinski definition) is 0. The summed E-state index contributed by atoms with van der Waals surface area (Å²) in [5.41, 5.74) is 0.634. The Kier molecular flexibility index (Phi) is 2.52. The monoisotopic (exact) mass is 164 g/mol. The van der Waals surface area contributed by atoms with Crippen molar-refractivity contribution in [2.75, 3.05) is 0 Å². The molecule has 0 heteroatoms. The highest BCUT2D eigenvalue weighted by Gasteiger charge is 2.35. The molecule has 0 atom stereocenters. The second-order valence-corrected chi connectivity index (χ2v) is 5.37. The predicted molar refractivity (Wildman–Crippen MR) is 53.8 cm³/mol. The number of rotatable bonds is 1. The van der Waals surface area contributed by atoms with E-state index < -0.39 is 0 Å². The highest BCUT2D eigenvalue weighted by Crippen LogP contribution is 2.45. The molecule has 1 aliphatic rings. The van der Waals surface area contributed by atoms with Crippen molar-refractivity contribution < 1.29 is 0 Å². The van der Waals surface area contributed by atoms with Crippen molar-refractivity contribution in [1.82, 2.24) is 0 Å². The largest absolute Gasteiger partial charge is 0.120 e. The van der Waals surface area contributed by atoms with Crippen LogP contribution in [0.25, 0.3) is 0 Å². The summed E-state index contributed by atoms with van der Waals surface area (Å²) in [5, 5.41) is 0. The number of terminal acetylenes is 1. The maximum absolute atomic E-state index is 5.63. The van der Waals surface area contributed by atoms with Crippen LogP contribution in [0.15, 0.2) is 0 Å². The molecule has 0 nitrogen and oxygen atoms in total. The standard InChI is InChI=1S/C12H20/c1-5-12(8-6-7-9-12)10-11(2,3)4/h1H,6-10H2,2-4H3. The Morgan fingerprint density at radius 2 is 1.75 bits per heavy atom. The van der Waals surface area contributed by atoms with Gasteiger partial charge < -0.3 is 0 Å². The molecule has 68 valence electrons. The Hall–Kier alpha value is -0.440. The minimum atomic E-state index is 0.248. The van der Waals surface area contributed by atoms with Crippen LogP contribution in [-0.2, 0) is 0 Å². The molecule has 1 saturated carbocycles. The van der Waals surface area contributed by atoms with Gasteiger partial charge >= 0.3 is 0 Å². The molecule has 0 bridgehead atoms. The van der Waals surface area contributed by atoms with Crippen LogP contribution < -0.4 is 0 Å². The summed E-state index contributed by atoms with van der Waals surface area (Å²) in [6.45, 7) is 6.85. The van der Waals surface area contributed by atoms with Crippen LogP contribution in [0.4, 0.5) is 0 Å². The Morgan fingerprint density at radius 1 is 1.25 bits per heavy atom. The van der Waals surface area contributed by atoms with E-state index in [9.17, 15) is 0 Å². The van der Waals surface area contributed by atoms with Gasteiger partial charge in [-0.25, -0.2) is 0 Å². The van der Waals surface area contributed by atoms with E-state index in [4.69, 9.17) is 6.42 Å². The van der Waals surface area contributed by atoms with Crippen LogP contribution in [-0.4, -0.2) is 0 Å². The lowest BCUT2D eigenvalue weighted by molar-refractivity contribution is 0.239. The molecule has 0 unspecified atom stereocenters. The van der Waals surface area contributed by atoms with Crippen LogP contribution in [0.5, 0.6) is 0 Å². The first kappa shape index (κ1) is 9.65. The maximum atomic E-state index is 5.63. The third kappa shape index (κ3) is 2.27. The van der Waals surface area contributed by atoms with Gasteiger partial charge in [0.15, 0.2) is 0 Å². The van der Waals surface area contributed by atoms with Gasteiger partial charge in [-0.05, 0) is 24.7 Å². The molecule has 0 heterocycles. The lowest BCUT2D eigenvalue weighted by Gasteiger charge is -2.30. The third-order valence-electron chi connectivity index (χ3n) is 2.74. The lowest BCUT2D eigenvalue weighted by Crippen LogP contribution is -2.22. The van der Waals surface area contributed by atoms with Crippen LogP contribution in [0.3, 0.4) is 0 Å². The molecule has 1 rings (SSSR count). The summed E-state index contributed by atoms with van der Waals surface area (Å²) in [6, 6.07) is 0. The van der Waals surface area contributed by atoms with Gasteiger partial charge in [-0.3, -0.25) is 0 Å². The van der Waals surface area contributed by atoms with Gasteiger partial charge in [-0.15, -0.1) is 6.42 Å². The summed E-state index contributed by atoms with van der Waals surface area (Å²) >= 11 is 0. The second kappa shape index (κ2) is 3.13. The van der Waals surface area contributed by atoms with E-state index in [2.05, 4.69) is 26.7 Å². The minimum Gasteiger partial charge on any atom is -0.120 e. The van der Waals surface area contributed by atoms with Crippen molar-refractivity contribution in [3.05, 3.63) is 0 Å². The first-order valence-electron chi connectivity index (χ1n) is 4.95. The first-order chi connectivity index (χ1) is 5.47. The maximum Gasteiger partial charge on any atom is 0.0317 e. The molecule has 0 spiro atoms. The smallest absolute Gasteiger partial charge is 0.0317 e. The highest BCUT2D eigenvalue weighted by molar-refractivity contribution is 5.09. The van der Waals surface area contributed by atoms with E-state index in [-0.39, 0.29) is 5.41 Å². The quantitative estimate of drug-likeness (QED) is 0.519. The summed E-state index contributed by atoms with van der Waals surface area (Å²) < 4.78 is 0. The first-order valence-corrected chi connectivity index (χ1v) is 4.95. The summed E-state index contributed by atoms with van der Waals surface area (Å²) in [7, 11) is 0. The van der Waals surface area contributed by atoms with E-state index in [0.29, 0.717) is 5.41 Å². The zero-order valence-corrected chi connectivity index (χ0v) is 8.61. The molecule has 0 saturated heterocycles. The van der Waals surface area contributed by atoms with Gasteiger partial charge in [0.1, 0.15) is 0 Å². The Bertz CT molecular complexity index is 181. The molecule has 1 aliphatic carbocycles. The summed E-state index contributed by atoms with van der Waals surface area (Å²) in [5.74, 6) is 3.03. The zero-order chi connectivity index (χ0) is 9.24. The summed E-state index contributed by atoms with van der Waals surface area (Å²) in [4.78, 5) is 0. The van der Waals surface area contributed by atoms with Crippen LogP contribution >= 0.6 is 0 Å². The van der Waals surface area contributed by atoms with Crippen molar-refractivity contribution in [1.29, 1.82) is 0 Å². The second-order valence-electron chi connectivity index (χ2n) is 5.37. The Labute approximate surface area is 76.7 Å². The minimum absolute atomic E-state index is 0.248. The fourth-order valence-electron chi connectivity index (χ4n) is 2.44. The fraction of sp³-hybridized carbons (Fsp3) is 0.833. The topological polar surface area (TPSA) is 0 Å². The van der Waals surface area contributed by atoms with Gasteiger partial charge in [0, 0.05) is 5.41 Å². The average molecular weight is 164 g/mol. The van der Waals surface area contributed by atoms with Crippen molar-refractivity contribution >= 4 is 0 Å². The van der Waals surface area contributed by atoms with E-state index >= 15 is 0 Å². The normalized spacial score (nSPS) is 22.2. The number of hydrogen-bond donors (Lipinski definition) is 0. The molecule has 0 aliphatic heterocycles.